The average molecular weight is 209 g/mol. The maximum Gasteiger partial charge on any atom is 0.218 e. The normalized spacial score (nSPS) is 9.93. The van der Waals surface area contributed by atoms with Crippen LogP contribution in [0.2, 0.25) is 0 Å². The van der Waals surface area contributed by atoms with Crippen LogP contribution in [0, 0.1) is 11.3 Å². The van der Waals surface area contributed by atoms with E-state index >= 15 is 0 Å². The first-order valence-corrected chi connectivity index (χ1v) is 4.75. The van der Waals surface area contributed by atoms with E-state index in [-0.39, 0.29) is 0 Å². The van der Waals surface area contributed by atoms with Gasteiger partial charge in [0.1, 0.15) is 11.8 Å². The third-order valence-electron chi connectivity index (χ3n) is 1.99. The molecule has 0 bridgehead atoms. The summed E-state index contributed by atoms with van der Waals surface area (Å²) in [5.74, 6) is 0.547. The predicted octanol–water partition coefficient (Wildman–Crippen LogP) is 0.987. The SMILES string of the molecule is CCOc1c(N)cc(C#N)n1CCOC. The fourth-order valence-electron chi connectivity index (χ4n) is 1.35. The fourth-order valence-corrected chi connectivity index (χ4v) is 1.35. The Hall–Kier alpha value is -1.67. The monoisotopic (exact) mass is 209 g/mol. The summed E-state index contributed by atoms with van der Waals surface area (Å²) < 4.78 is 12.1. The number of nitrogens with zero attached hydrogens (tertiary/aromatic N) is 2. The van der Waals surface area contributed by atoms with Crippen molar-refractivity contribution < 1.29 is 9.47 Å². The van der Waals surface area contributed by atoms with Gasteiger partial charge in [-0.05, 0) is 6.92 Å². The molecule has 0 saturated heterocycles. The van der Waals surface area contributed by atoms with E-state index in [9.17, 15) is 0 Å². The van der Waals surface area contributed by atoms with Gasteiger partial charge in [0.05, 0.1) is 25.4 Å². The third kappa shape index (κ3) is 2.42. The molecule has 0 radical (unpaired) electrons. The highest BCUT2D eigenvalue weighted by molar-refractivity contribution is 5.55. The first-order valence-electron chi connectivity index (χ1n) is 4.75. The van der Waals surface area contributed by atoms with E-state index in [1.165, 1.54) is 0 Å². The number of methoxy groups -OCH3 is 1. The Morgan fingerprint density at radius 3 is 2.87 bits per heavy atom. The minimum Gasteiger partial charge on any atom is -0.478 e. The van der Waals surface area contributed by atoms with Crippen LogP contribution in [0.15, 0.2) is 6.07 Å². The molecule has 1 aromatic heterocycles. The van der Waals surface area contributed by atoms with Crippen molar-refractivity contribution in [2.45, 2.75) is 13.5 Å². The van der Waals surface area contributed by atoms with Gasteiger partial charge in [-0.3, -0.25) is 4.57 Å². The van der Waals surface area contributed by atoms with E-state index in [1.54, 1.807) is 17.7 Å². The summed E-state index contributed by atoms with van der Waals surface area (Å²) in [5, 5.41) is 8.90. The molecule has 15 heavy (non-hydrogen) atoms. The quantitative estimate of drug-likeness (QED) is 0.784. The van der Waals surface area contributed by atoms with Crippen LogP contribution in [-0.4, -0.2) is 24.9 Å². The van der Waals surface area contributed by atoms with Crippen molar-refractivity contribution in [2.24, 2.45) is 0 Å². The van der Waals surface area contributed by atoms with Crippen molar-refractivity contribution >= 4 is 5.69 Å². The summed E-state index contributed by atoms with van der Waals surface area (Å²) in [6, 6.07) is 3.68. The summed E-state index contributed by atoms with van der Waals surface area (Å²) in [4.78, 5) is 0. The van der Waals surface area contributed by atoms with Gasteiger partial charge in [-0.25, -0.2) is 0 Å². The summed E-state index contributed by atoms with van der Waals surface area (Å²) >= 11 is 0. The molecule has 0 spiro atoms. The predicted molar refractivity (Wildman–Crippen MR) is 56.6 cm³/mol. The van der Waals surface area contributed by atoms with Crippen LogP contribution >= 0.6 is 0 Å². The number of hydrogen-bond acceptors (Lipinski definition) is 4. The number of nitrogen functional groups attached to an aromatic ring is 1. The number of hydrogen-bond donors (Lipinski definition) is 1. The smallest absolute Gasteiger partial charge is 0.218 e. The molecule has 5 nitrogen and oxygen atoms in total. The third-order valence-corrected chi connectivity index (χ3v) is 1.99. The number of nitrogens with two attached hydrogens (primary N) is 1. The van der Waals surface area contributed by atoms with Gasteiger partial charge in [-0.15, -0.1) is 0 Å². The number of aromatic nitrogens is 1. The maximum atomic E-state index is 8.90. The van der Waals surface area contributed by atoms with Gasteiger partial charge in [0, 0.05) is 13.2 Å². The molecule has 5 heteroatoms. The first-order chi connectivity index (χ1) is 7.24. The second kappa shape index (κ2) is 5.27. The second-order valence-corrected chi connectivity index (χ2v) is 2.98. The highest BCUT2D eigenvalue weighted by Crippen LogP contribution is 2.26. The zero-order valence-corrected chi connectivity index (χ0v) is 8.99. The van der Waals surface area contributed by atoms with Gasteiger partial charge in [0.2, 0.25) is 5.88 Å². The lowest BCUT2D eigenvalue weighted by Crippen LogP contribution is -2.09. The summed E-state index contributed by atoms with van der Waals surface area (Å²) in [6.07, 6.45) is 0. The first kappa shape index (κ1) is 11.4. The lowest BCUT2D eigenvalue weighted by Gasteiger charge is -2.10. The van der Waals surface area contributed by atoms with Crippen LogP contribution in [-0.2, 0) is 11.3 Å². The van der Waals surface area contributed by atoms with Gasteiger partial charge in [-0.1, -0.05) is 0 Å². The van der Waals surface area contributed by atoms with Crippen molar-refractivity contribution in [3.8, 4) is 11.9 Å². The maximum absolute atomic E-state index is 8.90. The summed E-state index contributed by atoms with van der Waals surface area (Å²) in [7, 11) is 1.61. The van der Waals surface area contributed by atoms with Crippen molar-refractivity contribution in [1.82, 2.24) is 4.57 Å². The molecule has 1 rings (SSSR count). The van der Waals surface area contributed by atoms with Crippen LogP contribution in [0.3, 0.4) is 0 Å². The van der Waals surface area contributed by atoms with E-state index in [2.05, 4.69) is 6.07 Å². The molecular weight excluding hydrogens is 194 g/mol. The molecule has 0 saturated carbocycles. The summed E-state index contributed by atoms with van der Waals surface area (Å²) in [6.45, 7) is 3.47. The Bertz CT molecular complexity index is 365. The molecule has 82 valence electrons. The Labute approximate surface area is 89.0 Å². The minimum absolute atomic E-state index is 0.490. The highest BCUT2D eigenvalue weighted by Gasteiger charge is 2.13. The number of anilines is 1. The van der Waals surface area contributed by atoms with Gasteiger partial charge >= 0.3 is 0 Å². The fraction of sp³-hybridized carbons (Fsp3) is 0.500. The Balaban J connectivity index is 3.01. The van der Waals surface area contributed by atoms with Gasteiger partial charge in [-0.2, -0.15) is 5.26 Å². The van der Waals surface area contributed by atoms with Crippen LogP contribution in [0.1, 0.15) is 12.6 Å². The molecule has 0 aliphatic rings. The standard InChI is InChI=1S/C10H15N3O2/c1-3-15-10-9(12)6-8(7-11)13(10)4-5-14-2/h6H,3-5,12H2,1-2H3. The molecule has 0 amide bonds. The molecule has 1 aromatic rings. The number of rotatable bonds is 5. The lowest BCUT2D eigenvalue weighted by molar-refractivity contribution is 0.181. The Kier molecular flexibility index (Phi) is 4.01. The summed E-state index contributed by atoms with van der Waals surface area (Å²) in [5.41, 5.74) is 6.72. The van der Waals surface area contributed by atoms with Crippen molar-refractivity contribution in [2.75, 3.05) is 26.1 Å². The zero-order chi connectivity index (χ0) is 11.3. The highest BCUT2D eigenvalue weighted by atomic mass is 16.5. The van der Waals surface area contributed by atoms with Crippen molar-refractivity contribution in [3.63, 3.8) is 0 Å². The van der Waals surface area contributed by atoms with E-state index in [1.807, 2.05) is 6.92 Å². The van der Waals surface area contributed by atoms with E-state index < -0.39 is 0 Å². The molecule has 0 aromatic carbocycles. The van der Waals surface area contributed by atoms with E-state index in [4.69, 9.17) is 20.5 Å². The largest absolute Gasteiger partial charge is 0.478 e. The van der Waals surface area contributed by atoms with Gasteiger partial charge in [0.25, 0.3) is 0 Å². The Morgan fingerprint density at radius 2 is 2.33 bits per heavy atom. The lowest BCUT2D eigenvalue weighted by atomic mass is 10.4. The van der Waals surface area contributed by atoms with Gasteiger partial charge in [0.15, 0.2) is 0 Å². The van der Waals surface area contributed by atoms with Crippen LogP contribution in [0.4, 0.5) is 5.69 Å². The van der Waals surface area contributed by atoms with Crippen LogP contribution < -0.4 is 10.5 Å². The Morgan fingerprint density at radius 1 is 1.60 bits per heavy atom. The van der Waals surface area contributed by atoms with Gasteiger partial charge < -0.3 is 15.2 Å². The number of nitriles is 1. The average Bonchev–Trinajstić information content (AvgIpc) is 2.53. The molecule has 0 aliphatic heterocycles. The molecule has 0 aliphatic carbocycles. The second-order valence-electron chi connectivity index (χ2n) is 2.98. The number of ether oxygens (including phenoxy) is 2. The minimum atomic E-state index is 0.490. The molecule has 2 N–H and O–H groups in total. The topological polar surface area (TPSA) is 73.2 Å². The van der Waals surface area contributed by atoms with E-state index in [0.717, 1.165) is 0 Å². The van der Waals surface area contributed by atoms with Crippen LogP contribution in [0.25, 0.3) is 0 Å². The van der Waals surface area contributed by atoms with Crippen molar-refractivity contribution in [3.05, 3.63) is 11.8 Å². The van der Waals surface area contributed by atoms with E-state index in [0.29, 0.717) is 37.0 Å². The molecule has 0 fully saturated rings. The molecular formula is C10H15N3O2. The van der Waals surface area contributed by atoms with Crippen molar-refractivity contribution in [1.29, 1.82) is 5.26 Å². The van der Waals surface area contributed by atoms with Crippen LogP contribution in [0.5, 0.6) is 5.88 Å². The zero-order valence-electron chi connectivity index (χ0n) is 8.99. The molecule has 0 atom stereocenters. The molecule has 1 heterocycles. The molecule has 0 unspecified atom stereocenters.